The van der Waals surface area contributed by atoms with Gasteiger partial charge in [0.25, 0.3) is 0 Å². The molecule has 1 aromatic carbocycles. The van der Waals surface area contributed by atoms with Crippen molar-refractivity contribution in [2.45, 2.75) is 58.0 Å². The summed E-state index contributed by atoms with van der Waals surface area (Å²) in [4.78, 5) is 14.0. The summed E-state index contributed by atoms with van der Waals surface area (Å²) < 4.78 is 4.83. The summed E-state index contributed by atoms with van der Waals surface area (Å²) in [7, 11) is 1.47. The lowest BCUT2D eigenvalue weighted by Gasteiger charge is -2.35. The maximum Gasteiger partial charge on any atom is 0.307 e. The van der Waals surface area contributed by atoms with Crippen LogP contribution in [0, 0.1) is 0 Å². The molecule has 0 spiro atoms. The van der Waals surface area contributed by atoms with Crippen LogP contribution in [0.5, 0.6) is 0 Å². The van der Waals surface area contributed by atoms with Crippen LogP contribution < -0.4 is 0 Å². The Morgan fingerprint density at radius 3 is 2.62 bits per heavy atom. The Morgan fingerprint density at radius 2 is 2.00 bits per heavy atom. The minimum atomic E-state index is -0.0953. The van der Waals surface area contributed by atoms with Crippen LogP contribution in [0.15, 0.2) is 24.3 Å². The SMILES string of the molecule is COC(=O)CC1CCCCN1Cc1ccc(C(C)C)cc1. The van der Waals surface area contributed by atoms with Crippen molar-refractivity contribution in [3.05, 3.63) is 35.4 Å². The van der Waals surface area contributed by atoms with E-state index in [4.69, 9.17) is 4.74 Å². The highest BCUT2D eigenvalue weighted by Crippen LogP contribution is 2.23. The molecule has 1 atom stereocenters. The predicted octanol–water partition coefficient (Wildman–Crippen LogP) is 3.73. The van der Waals surface area contributed by atoms with E-state index in [1.807, 2.05) is 0 Å². The second kappa shape index (κ2) is 7.60. The van der Waals surface area contributed by atoms with Crippen molar-refractivity contribution in [2.24, 2.45) is 0 Å². The minimum absolute atomic E-state index is 0.0953. The van der Waals surface area contributed by atoms with E-state index in [2.05, 4.69) is 43.0 Å². The Bertz CT molecular complexity index is 453. The molecular formula is C18H27NO2. The van der Waals surface area contributed by atoms with E-state index in [1.165, 1.54) is 31.1 Å². The van der Waals surface area contributed by atoms with Crippen molar-refractivity contribution in [3.8, 4) is 0 Å². The second-order valence-electron chi connectivity index (χ2n) is 6.30. The molecule has 3 nitrogen and oxygen atoms in total. The van der Waals surface area contributed by atoms with Gasteiger partial charge in [-0.1, -0.05) is 44.5 Å². The zero-order valence-corrected chi connectivity index (χ0v) is 13.5. The fourth-order valence-electron chi connectivity index (χ4n) is 3.02. The lowest BCUT2D eigenvalue weighted by Crippen LogP contribution is -2.40. The van der Waals surface area contributed by atoms with Crippen LogP contribution in [0.1, 0.15) is 56.6 Å². The molecule has 0 bridgehead atoms. The Morgan fingerprint density at radius 1 is 1.29 bits per heavy atom. The van der Waals surface area contributed by atoms with Gasteiger partial charge in [0.1, 0.15) is 0 Å². The Labute approximate surface area is 128 Å². The quantitative estimate of drug-likeness (QED) is 0.774. The third kappa shape index (κ3) is 4.57. The molecular weight excluding hydrogens is 262 g/mol. The van der Waals surface area contributed by atoms with Crippen molar-refractivity contribution in [1.82, 2.24) is 4.90 Å². The first-order chi connectivity index (χ1) is 10.1. The van der Waals surface area contributed by atoms with E-state index in [1.54, 1.807) is 0 Å². The normalized spacial score (nSPS) is 19.7. The smallest absolute Gasteiger partial charge is 0.307 e. The van der Waals surface area contributed by atoms with Gasteiger partial charge in [0.2, 0.25) is 0 Å². The molecule has 0 aliphatic carbocycles. The number of hydrogen-bond donors (Lipinski definition) is 0. The van der Waals surface area contributed by atoms with E-state index >= 15 is 0 Å². The van der Waals surface area contributed by atoms with E-state index < -0.39 is 0 Å². The topological polar surface area (TPSA) is 29.5 Å². The first kappa shape index (κ1) is 16.0. The van der Waals surface area contributed by atoms with Crippen molar-refractivity contribution >= 4 is 5.97 Å². The van der Waals surface area contributed by atoms with E-state index in [0.29, 0.717) is 18.4 Å². The van der Waals surface area contributed by atoms with Gasteiger partial charge >= 0.3 is 5.97 Å². The van der Waals surface area contributed by atoms with Gasteiger partial charge in [-0.3, -0.25) is 9.69 Å². The van der Waals surface area contributed by atoms with Gasteiger partial charge in [0.05, 0.1) is 13.5 Å². The third-order valence-corrected chi connectivity index (χ3v) is 4.41. The Hall–Kier alpha value is -1.35. The maximum atomic E-state index is 11.5. The summed E-state index contributed by atoms with van der Waals surface area (Å²) in [5, 5.41) is 0. The van der Waals surface area contributed by atoms with Crippen molar-refractivity contribution in [2.75, 3.05) is 13.7 Å². The molecule has 0 amide bonds. The van der Waals surface area contributed by atoms with Crippen LogP contribution in [-0.4, -0.2) is 30.6 Å². The molecule has 116 valence electrons. The lowest BCUT2D eigenvalue weighted by molar-refractivity contribution is -0.142. The molecule has 0 saturated carbocycles. The van der Waals surface area contributed by atoms with Gasteiger partial charge in [0, 0.05) is 12.6 Å². The van der Waals surface area contributed by atoms with Gasteiger partial charge in [-0.05, 0) is 36.4 Å². The molecule has 0 aromatic heterocycles. The van der Waals surface area contributed by atoms with Crippen molar-refractivity contribution < 1.29 is 9.53 Å². The number of rotatable bonds is 5. The molecule has 1 saturated heterocycles. The fraction of sp³-hybridized carbons (Fsp3) is 0.611. The first-order valence-electron chi connectivity index (χ1n) is 8.00. The summed E-state index contributed by atoms with van der Waals surface area (Å²) in [6.45, 7) is 6.44. The standard InChI is InChI=1S/C18H27NO2/c1-14(2)16-9-7-15(8-10-16)13-19-11-5-4-6-17(19)12-18(20)21-3/h7-10,14,17H,4-6,11-13H2,1-3H3. The van der Waals surface area contributed by atoms with Crippen molar-refractivity contribution in [1.29, 1.82) is 0 Å². The van der Waals surface area contributed by atoms with Crippen LogP contribution in [0.2, 0.25) is 0 Å². The van der Waals surface area contributed by atoms with Crippen LogP contribution in [0.3, 0.4) is 0 Å². The molecule has 1 heterocycles. The zero-order valence-electron chi connectivity index (χ0n) is 13.5. The summed E-state index contributed by atoms with van der Waals surface area (Å²) in [5.74, 6) is 0.475. The number of carbonyl (C=O) groups is 1. The average molecular weight is 289 g/mol. The number of methoxy groups -OCH3 is 1. The van der Waals surface area contributed by atoms with Gasteiger partial charge in [-0.2, -0.15) is 0 Å². The highest BCUT2D eigenvalue weighted by atomic mass is 16.5. The van der Waals surface area contributed by atoms with Gasteiger partial charge in [-0.25, -0.2) is 0 Å². The minimum Gasteiger partial charge on any atom is -0.469 e. The Balaban J connectivity index is 1.99. The Kier molecular flexibility index (Phi) is 5.80. The van der Waals surface area contributed by atoms with Crippen molar-refractivity contribution in [3.63, 3.8) is 0 Å². The molecule has 1 aliphatic rings. The number of hydrogen-bond acceptors (Lipinski definition) is 3. The lowest BCUT2D eigenvalue weighted by atomic mass is 9.97. The number of piperidine rings is 1. The average Bonchev–Trinajstić information content (AvgIpc) is 2.49. The second-order valence-corrected chi connectivity index (χ2v) is 6.30. The van der Waals surface area contributed by atoms with Crippen LogP contribution in [-0.2, 0) is 16.1 Å². The molecule has 1 aliphatic heterocycles. The van der Waals surface area contributed by atoms with E-state index in [9.17, 15) is 4.79 Å². The monoisotopic (exact) mass is 289 g/mol. The molecule has 1 fully saturated rings. The summed E-state index contributed by atoms with van der Waals surface area (Å²) >= 11 is 0. The van der Waals surface area contributed by atoms with Gasteiger partial charge in [0.15, 0.2) is 0 Å². The predicted molar refractivity (Wildman–Crippen MR) is 85.2 cm³/mol. The largest absolute Gasteiger partial charge is 0.469 e. The summed E-state index contributed by atoms with van der Waals surface area (Å²) in [5.41, 5.74) is 2.71. The summed E-state index contributed by atoms with van der Waals surface area (Å²) in [6.07, 6.45) is 4.05. The number of likely N-dealkylation sites (tertiary alicyclic amines) is 1. The number of benzene rings is 1. The van der Waals surface area contributed by atoms with Crippen LogP contribution >= 0.6 is 0 Å². The fourth-order valence-corrected chi connectivity index (χ4v) is 3.02. The molecule has 1 aromatic rings. The van der Waals surface area contributed by atoms with Crippen LogP contribution in [0.25, 0.3) is 0 Å². The number of nitrogens with zero attached hydrogens (tertiary/aromatic N) is 1. The molecule has 0 N–H and O–H groups in total. The third-order valence-electron chi connectivity index (χ3n) is 4.41. The van der Waals surface area contributed by atoms with Gasteiger partial charge < -0.3 is 4.74 Å². The van der Waals surface area contributed by atoms with E-state index in [0.717, 1.165) is 19.5 Å². The molecule has 2 rings (SSSR count). The highest BCUT2D eigenvalue weighted by Gasteiger charge is 2.25. The highest BCUT2D eigenvalue weighted by molar-refractivity contribution is 5.69. The van der Waals surface area contributed by atoms with E-state index in [-0.39, 0.29) is 5.97 Å². The number of esters is 1. The molecule has 3 heteroatoms. The maximum absolute atomic E-state index is 11.5. The molecule has 1 unspecified atom stereocenters. The number of carbonyl (C=O) groups excluding carboxylic acids is 1. The van der Waals surface area contributed by atoms with Crippen LogP contribution in [0.4, 0.5) is 0 Å². The molecule has 21 heavy (non-hydrogen) atoms. The molecule has 0 radical (unpaired) electrons. The van der Waals surface area contributed by atoms with Gasteiger partial charge in [-0.15, -0.1) is 0 Å². The first-order valence-corrected chi connectivity index (χ1v) is 8.00. The zero-order chi connectivity index (χ0) is 15.2. The number of ether oxygens (including phenoxy) is 1. The summed E-state index contributed by atoms with van der Waals surface area (Å²) in [6, 6.07) is 9.22.